The highest BCUT2D eigenvalue weighted by Gasteiger charge is 2.25. The highest BCUT2D eigenvalue weighted by Crippen LogP contribution is 2.28. The maximum Gasteiger partial charge on any atom is 0.410 e. The van der Waals surface area contributed by atoms with Gasteiger partial charge in [0.1, 0.15) is 17.5 Å². The SMILES string of the molecule is C=C(CC)/N=C\C(C(=O)N(CC)c1cccc(OC(CN(C)C(=O)OC(C)(C)C)c2ccccc2)c1)=C(C)C. The monoisotopic (exact) mass is 533 g/mol. The van der Waals surface area contributed by atoms with Crippen molar-refractivity contribution in [2.24, 2.45) is 4.99 Å². The van der Waals surface area contributed by atoms with Crippen LogP contribution in [0.5, 0.6) is 5.75 Å². The second kappa shape index (κ2) is 14.3. The third-order valence-electron chi connectivity index (χ3n) is 5.84. The van der Waals surface area contributed by atoms with E-state index in [-0.39, 0.29) is 12.5 Å². The summed E-state index contributed by atoms with van der Waals surface area (Å²) in [6.07, 6.45) is 1.43. The molecule has 0 aliphatic heterocycles. The van der Waals surface area contributed by atoms with Gasteiger partial charge in [0.25, 0.3) is 5.91 Å². The maximum absolute atomic E-state index is 13.6. The van der Waals surface area contributed by atoms with Crippen molar-refractivity contribution in [3.8, 4) is 5.75 Å². The van der Waals surface area contributed by atoms with Gasteiger partial charge in [-0.15, -0.1) is 0 Å². The number of benzene rings is 2. The predicted molar refractivity (Wildman–Crippen MR) is 159 cm³/mol. The Kier molecular flexibility index (Phi) is 11.5. The third-order valence-corrected chi connectivity index (χ3v) is 5.84. The van der Waals surface area contributed by atoms with Crippen LogP contribution >= 0.6 is 0 Å². The van der Waals surface area contributed by atoms with E-state index in [2.05, 4.69) is 11.6 Å². The number of aliphatic imine (C=N–C) groups is 1. The molecule has 0 saturated heterocycles. The van der Waals surface area contributed by atoms with Gasteiger partial charge in [-0.25, -0.2) is 4.79 Å². The van der Waals surface area contributed by atoms with Gasteiger partial charge in [0.2, 0.25) is 0 Å². The zero-order valence-electron chi connectivity index (χ0n) is 24.7. The molecule has 0 spiro atoms. The van der Waals surface area contributed by atoms with Gasteiger partial charge in [0.15, 0.2) is 0 Å². The van der Waals surface area contributed by atoms with E-state index >= 15 is 0 Å². The summed E-state index contributed by atoms with van der Waals surface area (Å²) in [6, 6.07) is 17.1. The molecular weight excluding hydrogens is 490 g/mol. The summed E-state index contributed by atoms with van der Waals surface area (Å²) in [5.74, 6) is 0.434. The topological polar surface area (TPSA) is 71.4 Å². The van der Waals surface area contributed by atoms with Crippen LogP contribution in [0.3, 0.4) is 0 Å². The number of nitrogens with zero attached hydrogens (tertiary/aromatic N) is 3. The molecule has 2 rings (SSSR count). The van der Waals surface area contributed by atoms with Gasteiger partial charge in [-0.3, -0.25) is 9.79 Å². The summed E-state index contributed by atoms with van der Waals surface area (Å²) >= 11 is 0. The van der Waals surface area contributed by atoms with Gasteiger partial charge in [0, 0.05) is 37.3 Å². The minimum atomic E-state index is -0.600. The summed E-state index contributed by atoms with van der Waals surface area (Å²) in [6.45, 7) is 17.8. The molecule has 39 heavy (non-hydrogen) atoms. The molecule has 0 radical (unpaired) electrons. The number of likely N-dealkylation sites (N-methyl/N-ethyl adjacent to an activating group) is 2. The molecular formula is C32H43N3O4. The van der Waals surface area contributed by atoms with Crippen LogP contribution in [0, 0.1) is 0 Å². The number of amides is 2. The minimum absolute atomic E-state index is 0.147. The average Bonchev–Trinajstić information content (AvgIpc) is 2.88. The number of rotatable bonds is 11. The third kappa shape index (κ3) is 9.74. The lowest BCUT2D eigenvalue weighted by atomic mass is 10.1. The summed E-state index contributed by atoms with van der Waals surface area (Å²) in [5, 5.41) is 0. The number of anilines is 1. The number of allylic oxidation sites excluding steroid dienone is 2. The number of hydrogen-bond acceptors (Lipinski definition) is 5. The highest BCUT2D eigenvalue weighted by molar-refractivity contribution is 6.19. The van der Waals surface area contributed by atoms with E-state index in [4.69, 9.17) is 9.47 Å². The predicted octanol–water partition coefficient (Wildman–Crippen LogP) is 7.36. The van der Waals surface area contributed by atoms with Crippen molar-refractivity contribution in [1.82, 2.24) is 4.90 Å². The first-order valence-corrected chi connectivity index (χ1v) is 13.3. The first-order valence-electron chi connectivity index (χ1n) is 13.3. The second-order valence-electron chi connectivity index (χ2n) is 10.5. The lowest BCUT2D eigenvalue weighted by molar-refractivity contribution is -0.114. The quantitative estimate of drug-likeness (QED) is 0.223. The Morgan fingerprint density at radius 1 is 1.05 bits per heavy atom. The fraction of sp³-hybridized carbons (Fsp3) is 0.406. The molecule has 0 aliphatic rings. The number of ether oxygens (including phenoxy) is 2. The smallest absolute Gasteiger partial charge is 0.410 e. The van der Waals surface area contributed by atoms with Crippen LogP contribution in [0.25, 0.3) is 0 Å². The Morgan fingerprint density at radius 2 is 1.72 bits per heavy atom. The molecule has 2 amide bonds. The van der Waals surface area contributed by atoms with Crippen LogP contribution in [-0.4, -0.2) is 48.9 Å². The normalized spacial score (nSPS) is 12.0. The second-order valence-corrected chi connectivity index (χ2v) is 10.5. The molecule has 0 bridgehead atoms. The lowest BCUT2D eigenvalue weighted by Gasteiger charge is -2.28. The Bertz CT molecular complexity index is 1190. The molecule has 0 aromatic heterocycles. The molecule has 0 heterocycles. The van der Waals surface area contributed by atoms with Crippen LogP contribution in [0.4, 0.5) is 10.5 Å². The van der Waals surface area contributed by atoms with Gasteiger partial charge in [0.05, 0.1) is 12.1 Å². The van der Waals surface area contributed by atoms with E-state index in [0.29, 0.717) is 35.7 Å². The number of carbonyl (C=O) groups excluding carboxylic acids is 2. The summed E-state index contributed by atoms with van der Waals surface area (Å²) in [5.41, 5.74) is 3.13. The first kappa shape index (κ1) is 31.3. The summed E-state index contributed by atoms with van der Waals surface area (Å²) < 4.78 is 12.0. The van der Waals surface area contributed by atoms with Crippen LogP contribution in [0.1, 0.15) is 66.6 Å². The Morgan fingerprint density at radius 3 is 2.28 bits per heavy atom. The highest BCUT2D eigenvalue weighted by atomic mass is 16.6. The molecule has 1 atom stereocenters. The van der Waals surface area contributed by atoms with Crippen LogP contribution in [0.15, 0.2) is 83.0 Å². The molecule has 1 unspecified atom stereocenters. The average molecular weight is 534 g/mol. The van der Waals surface area contributed by atoms with Crippen molar-refractivity contribution >= 4 is 23.9 Å². The van der Waals surface area contributed by atoms with E-state index in [1.54, 1.807) is 18.2 Å². The zero-order valence-corrected chi connectivity index (χ0v) is 24.7. The van der Waals surface area contributed by atoms with Crippen molar-refractivity contribution in [1.29, 1.82) is 0 Å². The van der Waals surface area contributed by atoms with E-state index in [1.807, 2.05) is 103 Å². The Hall–Kier alpha value is -3.87. The van der Waals surface area contributed by atoms with Gasteiger partial charge in [-0.05, 0) is 65.7 Å². The van der Waals surface area contributed by atoms with Gasteiger partial charge < -0.3 is 19.3 Å². The molecule has 0 fully saturated rings. The molecule has 0 saturated carbocycles. The fourth-order valence-corrected chi connectivity index (χ4v) is 3.66. The van der Waals surface area contributed by atoms with Crippen LogP contribution in [-0.2, 0) is 9.53 Å². The molecule has 210 valence electrons. The molecule has 2 aromatic carbocycles. The van der Waals surface area contributed by atoms with Crippen molar-refractivity contribution in [3.05, 3.63) is 83.6 Å². The molecule has 0 aliphatic carbocycles. The van der Waals surface area contributed by atoms with E-state index in [0.717, 1.165) is 11.1 Å². The molecule has 7 nitrogen and oxygen atoms in total. The van der Waals surface area contributed by atoms with Crippen molar-refractivity contribution in [2.45, 2.75) is 66.6 Å². The minimum Gasteiger partial charge on any atom is -0.484 e. The van der Waals surface area contributed by atoms with Crippen LogP contribution < -0.4 is 9.64 Å². The largest absolute Gasteiger partial charge is 0.484 e. The van der Waals surface area contributed by atoms with Gasteiger partial charge >= 0.3 is 6.09 Å². The Labute approximate surface area is 233 Å². The van der Waals surface area contributed by atoms with Gasteiger partial charge in [-0.1, -0.05) is 55.5 Å². The Balaban J connectivity index is 2.35. The van der Waals surface area contributed by atoms with Crippen LogP contribution in [0.2, 0.25) is 0 Å². The fourth-order valence-electron chi connectivity index (χ4n) is 3.66. The number of hydrogen-bond donors (Lipinski definition) is 0. The maximum atomic E-state index is 13.6. The number of carbonyl (C=O) groups is 2. The first-order chi connectivity index (χ1) is 18.4. The molecule has 0 N–H and O–H groups in total. The van der Waals surface area contributed by atoms with Crippen molar-refractivity contribution in [2.75, 3.05) is 25.0 Å². The summed E-state index contributed by atoms with van der Waals surface area (Å²) in [4.78, 5) is 33.8. The summed E-state index contributed by atoms with van der Waals surface area (Å²) in [7, 11) is 1.69. The molecule has 7 heteroatoms. The van der Waals surface area contributed by atoms with E-state index < -0.39 is 17.8 Å². The van der Waals surface area contributed by atoms with Crippen molar-refractivity contribution in [3.63, 3.8) is 0 Å². The van der Waals surface area contributed by atoms with E-state index in [1.165, 1.54) is 4.90 Å². The van der Waals surface area contributed by atoms with E-state index in [9.17, 15) is 9.59 Å². The van der Waals surface area contributed by atoms with Gasteiger partial charge in [-0.2, -0.15) is 0 Å². The zero-order chi connectivity index (χ0) is 29.2. The standard InChI is InChI=1S/C32H43N3O4/c1-10-24(5)33-21-28(23(3)4)30(36)35(11-2)26-18-15-19-27(20-26)38-29(25-16-13-12-14-17-25)22-34(9)31(37)39-32(6,7)8/h12-21,29H,5,10-11,22H2,1-4,6-9H3/b33-21-. The lowest BCUT2D eigenvalue weighted by Crippen LogP contribution is -2.37. The van der Waals surface area contributed by atoms with Crippen molar-refractivity contribution < 1.29 is 19.1 Å². The molecule has 2 aromatic rings.